The van der Waals surface area contributed by atoms with E-state index < -0.39 is 0 Å². The minimum atomic E-state index is -0.115. The second kappa shape index (κ2) is 7.06. The molecule has 0 aliphatic heterocycles. The van der Waals surface area contributed by atoms with Crippen LogP contribution in [0, 0.1) is 11.3 Å². The number of rotatable bonds is 5. The van der Waals surface area contributed by atoms with E-state index in [-0.39, 0.29) is 12.5 Å². The van der Waals surface area contributed by atoms with Crippen LogP contribution in [0.15, 0.2) is 48.8 Å². The van der Waals surface area contributed by atoms with Crippen molar-refractivity contribution < 1.29 is 9.53 Å². The average Bonchev–Trinajstić information content (AvgIpc) is 2.54. The van der Waals surface area contributed by atoms with Gasteiger partial charge in [-0.05, 0) is 42.0 Å². The highest BCUT2D eigenvalue weighted by Gasteiger charge is 2.10. The molecule has 0 saturated carbocycles. The zero-order valence-electron chi connectivity index (χ0n) is 11.7. The first-order valence-electron chi connectivity index (χ1n) is 6.45. The van der Waals surface area contributed by atoms with E-state index in [1.165, 1.54) is 0 Å². The van der Waals surface area contributed by atoms with Crippen LogP contribution in [-0.4, -0.2) is 29.4 Å². The summed E-state index contributed by atoms with van der Waals surface area (Å²) in [6.07, 6.45) is 3.39. The predicted octanol–water partition coefficient (Wildman–Crippen LogP) is 1.99. The SMILES string of the molecule is CN(Cc1ccncc1)C(=O)COc1ccc(C#N)cc1. The van der Waals surface area contributed by atoms with E-state index in [0.29, 0.717) is 17.9 Å². The van der Waals surface area contributed by atoms with Gasteiger partial charge >= 0.3 is 0 Å². The van der Waals surface area contributed by atoms with Gasteiger partial charge in [-0.2, -0.15) is 5.26 Å². The number of ether oxygens (including phenoxy) is 1. The number of benzene rings is 1. The van der Waals surface area contributed by atoms with Gasteiger partial charge in [0.05, 0.1) is 11.6 Å². The van der Waals surface area contributed by atoms with Crippen molar-refractivity contribution in [3.8, 4) is 11.8 Å². The number of likely N-dealkylation sites (N-methyl/N-ethyl adjacent to an activating group) is 1. The number of carbonyl (C=O) groups is 1. The fraction of sp³-hybridized carbons (Fsp3) is 0.188. The predicted molar refractivity (Wildman–Crippen MR) is 77.4 cm³/mol. The van der Waals surface area contributed by atoms with Gasteiger partial charge in [0.25, 0.3) is 5.91 Å². The van der Waals surface area contributed by atoms with E-state index in [9.17, 15) is 4.79 Å². The molecule has 0 bridgehead atoms. The molecule has 0 unspecified atom stereocenters. The highest BCUT2D eigenvalue weighted by atomic mass is 16.5. The molecule has 2 rings (SSSR count). The molecule has 0 atom stereocenters. The van der Waals surface area contributed by atoms with Crippen LogP contribution in [-0.2, 0) is 11.3 Å². The highest BCUT2D eigenvalue weighted by Crippen LogP contribution is 2.11. The zero-order chi connectivity index (χ0) is 15.1. The number of amides is 1. The molecule has 0 aliphatic carbocycles. The summed E-state index contributed by atoms with van der Waals surface area (Å²) < 4.78 is 5.41. The summed E-state index contributed by atoms with van der Waals surface area (Å²) in [5, 5.41) is 8.70. The number of nitrogens with zero attached hydrogens (tertiary/aromatic N) is 3. The number of hydrogen-bond acceptors (Lipinski definition) is 4. The Bertz CT molecular complexity index is 633. The van der Waals surface area contributed by atoms with Crippen molar-refractivity contribution in [1.29, 1.82) is 5.26 Å². The fourth-order valence-corrected chi connectivity index (χ4v) is 1.73. The second-order valence-corrected chi connectivity index (χ2v) is 4.53. The van der Waals surface area contributed by atoms with Gasteiger partial charge in [0.15, 0.2) is 6.61 Å². The lowest BCUT2D eigenvalue weighted by Crippen LogP contribution is -2.30. The molecule has 0 N–H and O–H groups in total. The lowest BCUT2D eigenvalue weighted by molar-refractivity contribution is -0.132. The van der Waals surface area contributed by atoms with Crippen LogP contribution in [0.2, 0.25) is 0 Å². The Morgan fingerprint density at radius 3 is 2.52 bits per heavy atom. The van der Waals surface area contributed by atoms with E-state index >= 15 is 0 Å². The molecule has 0 spiro atoms. The van der Waals surface area contributed by atoms with Crippen LogP contribution < -0.4 is 4.74 Å². The summed E-state index contributed by atoms with van der Waals surface area (Å²) in [7, 11) is 1.73. The van der Waals surface area contributed by atoms with E-state index in [1.54, 1.807) is 48.6 Å². The first kappa shape index (κ1) is 14.5. The molecule has 1 aromatic carbocycles. The van der Waals surface area contributed by atoms with E-state index in [1.807, 2.05) is 18.2 Å². The van der Waals surface area contributed by atoms with Crippen LogP contribution >= 0.6 is 0 Å². The van der Waals surface area contributed by atoms with Gasteiger partial charge in [0, 0.05) is 26.0 Å². The Labute approximate surface area is 123 Å². The molecule has 21 heavy (non-hydrogen) atoms. The Morgan fingerprint density at radius 2 is 1.90 bits per heavy atom. The summed E-state index contributed by atoms with van der Waals surface area (Å²) >= 11 is 0. The van der Waals surface area contributed by atoms with E-state index in [0.717, 1.165) is 5.56 Å². The summed E-state index contributed by atoms with van der Waals surface area (Å²) in [6.45, 7) is 0.478. The third-order valence-corrected chi connectivity index (χ3v) is 2.94. The van der Waals surface area contributed by atoms with Gasteiger partial charge < -0.3 is 9.64 Å². The Balaban J connectivity index is 1.84. The smallest absolute Gasteiger partial charge is 0.260 e. The van der Waals surface area contributed by atoms with Gasteiger partial charge in [-0.15, -0.1) is 0 Å². The van der Waals surface area contributed by atoms with Crippen molar-refractivity contribution in [2.75, 3.05) is 13.7 Å². The fourth-order valence-electron chi connectivity index (χ4n) is 1.73. The molecule has 1 aromatic heterocycles. The molecule has 0 saturated heterocycles. The molecule has 0 aliphatic rings. The Kier molecular flexibility index (Phi) is 4.89. The minimum absolute atomic E-state index is 0.0342. The van der Waals surface area contributed by atoms with Crippen LogP contribution in [0.25, 0.3) is 0 Å². The Morgan fingerprint density at radius 1 is 1.24 bits per heavy atom. The monoisotopic (exact) mass is 281 g/mol. The van der Waals surface area contributed by atoms with E-state index in [2.05, 4.69) is 4.98 Å². The maximum Gasteiger partial charge on any atom is 0.260 e. The molecule has 106 valence electrons. The van der Waals surface area contributed by atoms with Crippen LogP contribution in [0.5, 0.6) is 5.75 Å². The van der Waals surface area contributed by atoms with Crippen molar-refractivity contribution in [1.82, 2.24) is 9.88 Å². The van der Waals surface area contributed by atoms with Gasteiger partial charge in [0.1, 0.15) is 5.75 Å². The number of pyridine rings is 1. The molecule has 1 heterocycles. The highest BCUT2D eigenvalue weighted by molar-refractivity contribution is 5.77. The lowest BCUT2D eigenvalue weighted by atomic mass is 10.2. The maximum atomic E-state index is 12.0. The summed E-state index contributed by atoms with van der Waals surface area (Å²) in [4.78, 5) is 17.5. The molecule has 0 fully saturated rings. The van der Waals surface area contributed by atoms with Crippen molar-refractivity contribution >= 4 is 5.91 Å². The molecule has 5 heteroatoms. The largest absolute Gasteiger partial charge is 0.484 e. The molecule has 2 aromatic rings. The molecule has 0 radical (unpaired) electrons. The molecule has 1 amide bonds. The summed E-state index contributed by atoms with van der Waals surface area (Å²) in [5.74, 6) is 0.454. The minimum Gasteiger partial charge on any atom is -0.484 e. The summed E-state index contributed by atoms with van der Waals surface area (Å²) in [5.41, 5.74) is 1.57. The third-order valence-electron chi connectivity index (χ3n) is 2.94. The summed E-state index contributed by atoms with van der Waals surface area (Å²) in [6, 6.07) is 12.4. The normalized spacial score (nSPS) is 9.71. The van der Waals surface area contributed by atoms with Crippen molar-refractivity contribution in [3.63, 3.8) is 0 Å². The maximum absolute atomic E-state index is 12.0. The number of hydrogen-bond donors (Lipinski definition) is 0. The van der Waals surface area contributed by atoms with Gasteiger partial charge in [0.2, 0.25) is 0 Å². The number of nitriles is 1. The lowest BCUT2D eigenvalue weighted by Gasteiger charge is -2.17. The quantitative estimate of drug-likeness (QED) is 0.840. The second-order valence-electron chi connectivity index (χ2n) is 4.53. The Hall–Kier alpha value is -2.87. The van der Waals surface area contributed by atoms with Gasteiger partial charge in [-0.3, -0.25) is 9.78 Å². The standard InChI is InChI=1S/C16H15N3O2/c1-19(11-14-6-8-18-9-7-14)16(20)12-21-15-4-2-13(10-17)3-5-15/h2-9H,11-12H2,1H3. The van der Waals surface area contributed by atoms with Crippen LogP contribution in [0.4, 0.5) is 0 Å². The third kappa shape index (κ3) is 4.32. The molecule has 5 nitrogen and oxygen atoms in total. The van der Waals surface area contributed by atoms with Crippen molar-refractivity contribution in [2.24, 2.45) is 0 Å². The topological polar surface area (TPSA) is 66.2 Å². The van der Waals surface area contributed by atoms with Crippen molar-refractivity contribution in [2.45, 2.75) is 6.54 Å². The van der Waals surface area contributed by atoms with Crippen LogP contribution in [0.3, 0.4) is 0 Å². The average molecular weight is 281 g/mol. The first-order valence-corrected chi connectivity index (χ1v) is 6.45. The van der Waals surface area contributed by atoms with Gasteiger partial charge in [-0.1, -0.05) is 0 Å². The first-order chi connectivity index (χ1) is 10.2. The number of carbonyl (C=O) groups excluding carboxylic acids is 1. The zero-order valence-corrected chi connectivity index (χ0v) is 11.7. The molecular formula is C16H15N3O2. The number of aromatic nitrogens is 1. The van der Waals surface area contributed by atoms with Crippen molar-refractivity contribution in [3.05, 3.63) is 59.9 Å². The van der Waals surface area contributed by atoms with Gasteiger partial charge in [-0.25, -0.2) is 0 Å². The van der Waals surface area contributed by atoms with E-state index in [4.69, 9.17) is 10.00 Å². The molecular weight excluding hydrogens is 266 g/mol. The van der Waals surface area contributed by atoms with Crippen LogP contribution in [0.1, 0.15) is 11.1 Å².